The van der Waals surface area contributed by atoms with Crippen molar-refractivity contribution in [3.05, 3.63) is 23.8 Å². The number of H-pyrrole nitrogens is 1. The zero-order valence-electron chi connectivity index (χ0n) is 13.2. The number of nitrogens with one attached hydrogen (secondary N) is 1. The van der Waals surface area contributed by atoms with Gasteiger partial charge < -0.3 is 4.90 Å². The number of carbonyl (C=O) groups excluding carboxylic acids is 1. The molecule has 3 rings (SSSR count). The van der Waals surface area contributed by atoms with Crippen molar-refractivity contribution in [1.82, 2.24) is 35.3 Å². The Morgan fingerprint density at radius 1 is 1.36 bits per heavy atom. The van der Waals surface area contributed by atoms with Crippen molar-refractivity contribution in [1.29, 1.82) is 0 Å². The number of hydrogen-bond acceptors (Lipinski definition) is 5. The van der Waals surface area contributed by atoms with Gasteiger partial charge in [0.05, 0.1) is 0 Å². The maximum Gasteiger partial charge on any atom is 0.274 e. The molecule has 0 unspecified atom stereocenters. The summed E-state index contributed by atoms with van der Waals surface area (Å²) in [5.74, 6) is 0.721. The highest BCUT2D eigenvalue weighted by Crippen LogP contribution is 2.32. The molecular formula is C14H21N7O. The number of nitrogens with zero attached hydrogens (tertiary/aromatic N) is 6. The maximum absolute atomic E-state index is 12.5. The average molecular weight is 303 g/mol. The molecule has 1 N–H and O–H groups in total. The molecule has 0 bridgehead atoms. The monoisotopic (exact) mass is 303 g/mol. The molecule has 0 aromatic carbocycles. The van der Waals surface area contributed by atoms with Gasteiger partial charge in [-0.15, -0.1) is 10.2 Å². The van der Waals surface area contributed by atoms with Crippen LogP contribution in [0.15, 0.2) is 12.3 Å². The Bertz CT molecular complexity index is 638. The summed E-state index contributed by atoms with van der Waals surface area (Å²) in [7, 11) is 0. The number of piperidine rings is 1. The number of rotatable bonds is 3. The summed E-state index contributed by atoms with van der Waals surface area (Å²) in [6.45, 7) is 7.56. The Morgan fingerprint density at radius 3 is 2.64 bits per heavy atom. The van der Waals surface area contributed by atoms with Crippen molar-refractivity contribution in [2.75, 3.05) is 13.1 Å². The van der Waals surface area contributed by atoms with Gasteiger partial charge in [-0.1, -0.05) is 12.1 Å². The minimum atomic E-state index is -0.124. The molecular weight excluding hydrogens is 282 g/mol. The quantitative estimate of drug-likeness (QED) is 0.919. The molecule has 8 nitrogen and oxygen atoms in total. The molecule has 0 atom stereocenters. The number of tetrazole rings is 1. The number of amides is 1. The van der Waals surface area contributed by atoms with Crippen LogP contribution in [0.5, 0.6) is 0 Å². The Kier molecular flexibility index (Phi) is 3.67. The lowest BCUT2D eigenvalue weighted by molar-refractivity contribution is 0.0664. The molecule has 0 saturated carbocycles. The molecule has 1 fully saturated rings. The van der Waals surface area contributed by atoms with Crippen LogP contribution in [-0.4, -0.2) is 54.3 Å². The third kappa shape index (κ3) is 2.60. The largest absolute Gasteiger partial charge is 0.337 e. The van der Waals surface area contributed by atoms with Gasteiger partial charge in [0, 0.05) is 30.7 Å². The third-order valence-corrected chi connectivity index (χ3v) is 4.40. The zero-order chi connectivity index (χ0) is 15.7. The number of carbonyl (C=O) groups is 1. The van der Waals surface area contributed by atoms with E-state index >= 15 is 0 Å². The van der Waals surface area contributed by atoms with Crippen LogP contribution in [0.4, 0.5) is 0 Å². The zero-order valence-corrected chi connectivity index (χ0v) is 13.2. The summed E-state index contributed by atoms with van der Waals surface area (Å²) < 4.78 is 1.81. The standard InChI is InChI=1S/C14H21N7O/c1-10(2)21-7-4-11(17-21)12(22)20-8-5-14(3,6-9-20)13-15-18-19-16-13/h4,7,10H,5-6,8-9H2,1-3H3,(H,15,16,18,19). The second kappa shape index (κ2) is 5.51. The smallest absolute Gasteiger partial charge is 0.274 e. The minimum absolute atomic E-state index is 0.00504. The molecule has 0 spiro atoms. The van der Waals surface area contributed by atoms with E-state index in [1.807, 2.05) is 24.9 Å². The summed E-state index contributed by atoms with van der Waals surface area (Å²) in [6.07, 6.45) is 3.50. The fraction of sp³-hybridized carbons (Fsp3) is 0.643. The first kappa shape index (κ1) is 14.7. The van der Waals surface area contributed by atoms with Crippen molar-refractivity contribution in [3.8, 4) is 0 Å². The lowest BCUT2D eigenvalue weighted by atomic mass is 9.79. The molecule has 1 saturated heterocycles. The fourth-order valence-electron chi connectivity index (χ4n) is 2.75. The van der Waals surface area contributed by atoms with Gasteiger partial charge in [0.25, 0.3) is 5.91 Å². The Hall–Kier alpha value is -2.25. The Labute approximate surface area is 128 Å². The second-order valence-electron chi connectivity index (χ2n) is 6.36. The summed E-state index contributed by atoms with van der Waals surface area (Å²) in [4.78, 5) is 14.4. The predicted molar refractivity (Wildman–Crippen MR) is 79.3 cm³/mol. The van der Waals surface area contributed by atoms with E-state index in [1.165, 1.54) is 0 Å². The number of likely N-dealkylation sites (tertiary alicyclic amines) is 1. The first-order valence-corrected chi connectivity index (χ1v) is 7.58. The van der Waals surface area contributed by atoms with Gasteiger partial charge in [0.15, 0.2) is 5.82 Å². The summed E-state index contributed by atoms with van der Waals surface area (Å²) in [5, 5.41) is 18.7. The second-order valence-corrected chi connectivity index (χ2v) is 6.36. The van der Waals surface area contributed by atoms with Gasteiger partial charge in [-0.05, 0) is 32.8 Å². The van der Waals surface area contributed by atoms with Gasteiger partial charge >= 0.3 is 0 Å². The first-order valence-electron chi connectivity index (χ1n) is 7.58. The first-order chi connectivity index (χ1) is 10.5. The highest BCUT2D eigenvalue weighted by Gasteiger charge is 2.37. The molecule has 8 heteroatoms. The van der Waals surface area contributed by atoms with Crippen molar-refractivity contribution >= 4 is 5.91 Å². The van der Waals surface area contributed by atoms with E-state index in [0.29, 0.717) is 18.8 Å². The van der Waals surface area contributed by atoms with E-state index in [0.717, 1.165) is 18.7 Å². The van der Waals surface area contributed by atoms with Crippen LogP contribution < -0.4 is 0 Å². The maximum atomic E-state index is 12.5. The van der Waals surface area contributed by atoms with Crippen molar-refractivity contribution in [2.24, 2.45) is 0 Å². The van der Waals surface area contributed by atoms with Crippen LogP contribution in [0.2, 0.25) is 0 Å². The van der Waals surface area contributed by atoms with Crippen molar-refractivity contribution in [3.63, 3.8) is 0 Å². The van der Waals surface area contributed by atoms with E-state index in [4.69, 9.17) is 0 Å². The van der Waals surface area contributed by atoms with Gasteiger partial charge in [-0.3, -0.25) is 9.48 Å². The van der Waals surface area contributed by atoms with E-state index in [9.17, 15) is 4.79 Å². The number of aromatic nitrogens is 6. The van der Waals surface area contributed by atoms with Gasteiger partial charge in [-0.2, -0.15) is 10.3 Å². The van der Waals surface area contributed by atoms with E-state index in [2.05, 4.69) is 32.6 Å². The van der Waals surface area contributed by atoms with Crippen LogP contribution in [0, 0.1) is 0 Å². The van der Waals surface area contributed by atoms with Gasteiger partial charge in [-0.25, -0.2) is 0 Å². The van der Waals surface area contributed by atoms with Crippen LogP contribution >= 0.6 is 0 Å². The molecule has 1 amide bonds. The average Bonchev–Trinajstić information content (AvgIpc) is 3.19. The van der Waals surface area contributed by atoms with E-state index in [-0.39, 0.29) is 17.4 Å². The summed E-state index contributed by atoms with van der Waals surface area (Å²) >= 11 is 0. The minimum Gasteiger partial charge on any atom is -0.337 e. The Balaban J connectivity index is 1.67. The van der Waals surface area contributed by atoms with Crippen LogP contribution in [-0.2, 0) is 5.41 Å². The summed E-state index contributed by atoms with van der Waals surface area (Å²) in [5.41, 5.74) is 0.387. The molecule has 3 heterocycles. The highest BCUT2D eigenvalue weighted by atomic mass is 16.2. The third-order valence-electron chi connectivity index (χ3n) is 4.40. The molecule has 118 valence electrons. The van der Waals surface area contributed by atoms with Crippen LogP contribution in [0.25, 0.3) is 0 Å². The topological polar surface area (TPSA) is 92.6 Å². The van der Waals surface area contributed by atoms with E-state index in [1.54, 1.807) is 10.7 Å². The number of aromatic amines is 1. The highest BCUT2D eigenvalue weighted by molar-refractivity contribution is 5.92. The molecule has 2 aromatic rings. The lowest BCUT2D eigenvalue weighted by Crippen LogP contribution is -2.44. The fourth-order valence-corrected chi connectivity index (χ4v) is 2.75. The summed E-state index contributed by atoms with van der Waals surface area (Å²) in [6, 6.07) is 2.04. The predicted octanol–water partition coefficient (Wildman–Crippen LogP) is 1.17. The van der Waals surface area contributed by atoms with Crippen molar-refractivity contribution in [2.45, 2.75) is 45.1 Å². The van der Waals surface area contributed by atoms with E-state index < -0.39 is 0 Å². The molecule has 1 aliphatic rings. The SMILES string of the molecule is CC(C)n1ccc(C(=O)N2CCC(C)(c3nn[nH]n3)CC2)n1. The normalized spacial score (nSPS) is 17.9. The Morgan fingerprint density at radius 2 is 2.09 bits per heavy atom. The molecule has 2 aromatic heterocycles. The number of hydrogen-bond donors (Lipinski definition) is 1. The molecule has 1 aliphatic heterocycles. The molecule has 0 radical (unpaired) electrons. The van der Waals surface area contributed by atoms with Gasteiger partial charge in [0.2, 0.25) is 0 Å². The molecule has 0 aliphatic carbocycles. The molecule has 22 heavy (non-hydrogen) atoms. The van der Waals surface area contributed by atoms with Crippen molar-refractivity contribution < 1.29 is 4.79 Å². The van der Waals surface area contributed by atoms with Gasteiger partial charge in [0.1, 0.15) is 5.69 Å². The lowest BCUT2D eigenvalue weighted by Gasteiger charge is -2.37. The van der Waals surface area contributed by atoms with Crippen LogP contribution in [0.1, 0.15) is 56.0 Å². The van der Waals surface area contributed by atoms with Crippen LogP contribution in [0.3, 0.4) is 0 Å².